The number of carbonyl (C=O) groups excluding carboxylic acids is 1. The van der Waals surface area contributed by atoms with Gasteiger partial charge < -0.3 is 14.6 Å². The summed E-state index contributed by atoms with van der Waals surface area (Å²) in [5.41, 5.74) is 1.81. The fourth-order valence-corrected chi connectivity index (χ4v) is 4.96. The predicted octanol–water partition coefficient (Wildman–Crippen LogP) is 4.21. The maximum absolute atomic E-state index is 13.0. The normalized spacial score (nSPS) is 25.3. The van der Waals surface area contributed by atoms with E-state index in [-0.39, 0.29) is 11.9 Å². The topological polar surface area (TPSA) is 64.4 Å². The van der Waals surface area contributed by atoms with Crippen molar-refractivity contribution in [2.24, 2.45) is 17.8 Å². The maximum Gasteiger partial charge on any atom is 0.257 e. The number of methoxy groups -OCH3 is 1. The van der Waals surface area contributed by atoms with Crippen LogP contribution in [0, 0.1) is 24.7 Å². The molecule has 138 valence electrons. The number of nitrogens with zero attached hydrogens (tertiary/aromatic N) is 1. The number of para-hydroxylation sites is 1. The molecular formula is C21H26N2O3. The molecule has 1 aromatic heterocycles. The van der Waals surface area contributed by atoms with Crippen LogP contribution in [0.2, 0.25) is 0 Å². The highest BCUT2D eigenvalue weighted by atomic mass is 16.5. The largest absolute Gasteiger partial charge is 0.496 e. The van der Waals surface area contributed by atoms with E-state index in [1.54, 1.807) is 14.0 Å². The summed E-state index contributed by atoms with van der Waals surface area (Å²) >= 11 is 0. The summed E-state index contributed by atoms with van der Waals surface area (Å²) < 4.78 is 10.8. The van der Waals surface area contributed by atoms with Crippen molar-refractivity contribution in [3.05, 3.63) is 35.6 Å². The average molecular weight is 354 g/mol. The lowest BCUT2D eigenvalue weighted by Gasteiger charge is -2.28. The number of hydrogen-bond donors (Lipinski definition) is 1. The molecule has 0 radical (unpaired) electrons. The fourth-order valence-electron chi connectivity index (χ4n) is 4.96. The van der Waals surface area contributed by atoms with E-state index in [0.717, 1.165) is 17.4 Å². The number of amides is 1. The minimum atomic E-state index is -0.111. The zero-order valence-corrected chi connectivity index (χ0v) is 15.6. The number of rotatable bonds is 5. The Morgan fingerprint density at radius 2 is 2.12 bits per heavy atom. The molecule has 26 heavy (non-hydrogen) atoms. The highest BCUT2D eigenvalue weighted by molar-refractivity contribution is 6.01. The van der Waals surface area contributed by atoms with Gasteiger partial charge in [-0.15, -0.1) is 0 Å². The summed E-state index contributed by atoms with van der Waals surface area (Å²) in [6.45, 7) is 3.91. The quantitative estimate of drug-likeness (QED) is 0.873. The molecule has 1 aromatic carbocycles. The van der Waals surface area contributed by atoms with E-state index in [1.165, 1.54) is 25.7 Å². The Labute approximate surface area is 154 Å². The number of fused-ring (bicyclic) bond motifs is 2. The molecular weight excluding hydrogens is 328 g/mol. The summed E-state index contributed by atoms with van der Waals surface area (Å²) in [5, 5.41) is 7.36. The number of hydrogen-bond acceptors (Lipinski definition) is 4. The van der Waals surface area contributed by atoms with Crippen LogP contribution in [0.25, 0.3) is 11.3 Å². The van der Waals surface area contributed by atoms with Gasteiger partial charge in [-0.2, -0.15) is 0 Å². The van der Waals surface area contributed by atoms with Crippen molar-refractivity contribution in [3.8, 4) is 17.0 Å². The van der Waals surface area contributed by atoms with E-state index in [1.807, 2.05) is 24.3 Å². The van der Waals surface area contributed by atoms with Crippen LogP contribution in [0.1, 0.15) is 48.7 Å². The molecule has 0 unspecified atom stereocenters. The van der Waals surface area contributed by atoms with Gasteiger partial charge in [-0.05, 0) is 63.0 Å². The number of aromatic nitrogens is 1. The second-order valence-electron chi connectivity index (χ2n) is 7.76. The lowest BCUT2D eigenvalue weighted by Crippen LogP contribution is -2.40. The predicted molar refractivity (Wildman–Crippen MR) is 99.1 cm³/mol. The van der Waals surface area contributed by atoms with Gasteiger partial charge in [0.25, 0.3) is 5.91 Å². The number of nitrogens with one attached hydrogen (secondary N) is 1. The molecule has 4 rings (SSSR count). The van der Waals surface area contributed by atoms with Crippen molar-refractivity contribution in [1.82, 2.24) is 10.5 Å². The van der Waals surface area contributed by atoms with Crippen LogP contribution in [0.3, 0.4) is 0 Å². The zero-order valence-electron chi connectivity index (χ0n) is 15.6. The first kappa shape index (κ1) is 17.1. The SMILES string of the molecule is COc1ccccc1-c1noc(C)c1C(=O)N[C@@H](C)[C@H]1C[C@H]2CC[C@H]1C2. The molecule has 2 fully saturated rings. The van der Waals surface area contributed by atoms with E-state index in [0.29, 0.717) is 28.7 Å². The smallest absolute Gasteiger partial charge is 0.257 e. The number of benzene rings is 1. The van der Waals surface area contributed by atoms with Crippen molar-refractivity contribution in [3.63, 3.8) is 0 Å². The Morgan fingerprint density at radius 1 is 1.31 bits per heavy atom. The van der Waals surface area contributed by atoms with E-state index in [9.17, 15) is 4.79 Å². The van der Waals surface area contributed by atoms with E-state index in [4.69, 9.17) is 9.26 Å². The molecule has 2 aromatic rings. The van der Waals surface area contributed by atoms with Gasteiger partial charge in [-0.3, -0.25) is 4.79 Å². The van der Waals surface area contributed by atoms with Gasteiger partial charge in [-0.25, -0.2) is 0 Å². The standard InChI is InChI=1S/C21H26N2O3/c1-12(17-11-14-8-9-15(17)10-14)22-21(24)19-13(2)26-23-20(19)16-6-4-5-7-18(16)25-3/h4-7,12,14-15,17H,8-11H2,1-3H3,(H,22,24)/t12-,14-,15-,17+/m0/s1. The minimum Gasteiger partial charge on any atom is -0.496 e. The first-order valence-corrected chi connectivity index (χ1v) is 9.49. The zero-order chi connectivity index (χ0) is 18.3. The molecule has 0 saturated heterocycles. The molecule has 2 bridgehead atoms. The first-order valence-electron chi connectivity index (χ1n) is 9.49. The minimum absolute atomic E-state index is 0.111. The van der Waals surface area contributed by atoms with E-state index >= 15 is 0 Å². The fraction of sp³-hybridized carbons (Fsp3) is 0.524. The summed E-state index contributed by atoms with van der Waals surface area (Å²) in [7, 11) is 1.61. The summed E-state index contributed by atoms with van der Waals surface area (Å²) in [6, 6.07) is 7.72. The van der Waals surface area contributed by atoms with Gasteiger partial charge in [0.2, 0.25) is 0 Å². The lowest BCUT2D eigenvalue weighted by molar-refractivity contribution is 0.0914. The van der Waals surface area contributed by atoms with Crippen molar-refractivity contribution >= 4 is 5.91 Å². The molecule has 4 atom stereocenters. The maximum atomic E-state index is 13.0. The third-order valence-corrected chi connectivity index (χ3v) is 6.25. The molecule has 2 saturated carbocycles. The highest BCUT2D eigenvalue weighted by Crippen LogP contribution is 2.49. The van der Waals surface area contributed by atoms with Crippen molar-refractivity contribution < 1.29 is 14.1 Å². The van der Waals surface area contributed by atoms with E-state index < -0.39 is 0 Å². The second-order valence-corrected chi connectivity index (χ2v) is 7.76. The van der Waals surface area contributed by atoms with Crippen molar-refractivity contribution in [2.45, 2.75) is 45.6 Å². The summed E-state index contributed by atoms with van der Waals surface area (Å²) in [4.78, 5) is 13.0. The first-order chi connectivity index (χ1) is 12.6. The second kappa shape index (κ2) is 6.78. The van der Waals surface area contributed by atoms with Gasteiger partial charge in [0.15, 0.2) is 0 Å². The van der Waals surface area contributed by atoms with Crippen LogP contribution in [0.15, 0.2) is 28.8 Å². The summed E-state index contributed by atoms with van der Waals surface area (Å²) in [5.74, 6) is 3.32. The Balaban J connectivity index is 1.58. The van der Waals surface area contributed by atoms with Crippen LogP contribution in [0.5, 0.6) is 5.75 Å². The van der Waals surface area contributed by atoms with Crippen LogP contribution in [-0.4, -0.2) is 24.2 Å². The molecule has 1 amide bonds. The molecule has 0 spiro atoms. The molecule has 2 aliphatic rings. The Morgan fingerprint density at radius 3 is 2.81 bits per heavy atom. The molecule has 1 N–H and O–H groups in total. The number of aryl methyl sites for hydroxylation is 1. The molecule has 2 aliphatic carbocycles. The van der Waals surface area contributed by atoms with Crippen molar-refractivity contribution in [1.29, 1.82) is 0 Å². The van der Waals surface area contributed by atoms with Gasteiger partial charge in [0.05, 0.1) is 7.11 Å². The average Bonchev–Trinajstić information content (AvgIpc) is 3.36. The summed E-state index contributed by atoms with van der Waals surface area (Å²) in [6.07, 6.45) is 5.26. The van der Waals surface area contributed by atoms with Gasteiger partial charge >= 0.3 is 0 Å². The monoisotopic (exact) mass is 354 g/mol. The van der Waals surface area contributed by atoms with E-state index in [2.05, 4.69) is 17.4 Å². The van der Waals surface area contributed by atoms with Crippen LogP contribution in [0.4, 0.5) is 0 Å². The highest BCUT2D eigenvalue weighted by Gasteiger charge is 2.42. The number of carbonyl (C=O) groups is 1. The Kier molecular flexibility index (Phi) is 4.47. The van der Waals surface area contributed by atoms with Crippen LogP contribution in [-0.2, 0) is 0 Å². The Bertz CT molecular complexity index is 813. The van der Waals surface area contributed by atoms with Crippen molar-refractivity contribution in [2.75, 3.05) is 7.11 Å². The third-order valence-electron chi connectivity index (χ3n) is 6.25. The molecule has 5 heteroatoms. The lowest BCUT2D eigenvalue weighted by atomic mass is 9.84. The third kappa shape index (κ3) is 2.89. The van der Waals surface area contributed by atoms with Gasteiger partial charge in [0.1, 0.15) is 22.8 Å². The molecule has 5 nitrogen and oxygen atoms in total. The molecule has 1 heterocycles. The van der Waals surface area contributed by atoms with Gasteiger partial charge in [-0.1, -0.05) is 23.7 Å². The Hall–Kier alpha value is -2.30. The number of ether oxygens (including phenoxy) is 1. The molecule has 0 aliphatic heterocycles. The van der Waals surface area contributed by atoms with Crippen LogP contribution >= 0.6 is 0 Å². The van der Waals surface area contributed by atoms with Gasteiger partial charge in [0, 0.05) is 11.6 Å². The van der Waals surface area contributed by atoms with Crippen LogP contribution < -0.4 is 10.1 Å².